The number of hydrogen-bond donors (Lipinski definition) is 3. The fourth-order valence-corrected chi connectivity index (χ4v) is 1.90. The number of carbonyl (C=O) groups is 2. The number of methoxy groups -OCH3 is 1. The first-order valence-electron chi connectivity index (χ1n) is 6.83. The Hall–Kier alpha value is -2.08. The number of amides is 2. The van der Waals surface area contributed by atoms with Crippen molar-refractivity contribution in [2.75, 3.05) is 20.2 Å². The molecule has 0 radical (unpaired) electrons. The Bertz CT molecular complexity index is 476. The number of urea groups is 1. The molecule has 0 aromatic heterocycles. The molecule has 1 aromatic carbocycles. The SMILES string of the molecule is COC(CNC(=O)NCCc1ccccc1C)CC(=O)O. The van der Waals surface area contributed by atoms with Crippen LogP contribution in [0.15, 0.2) is 24.3 Å². The largest absolute Gasteiger partial charge is 0.481 e. The lowest BCUT2D eigenvalue weighted by molar-refractivity contribution is -0.139. The highest BCUT2D eigenvalue weighted by Crippen LogP contribution is 2.06. The Morgan fingerprint density at radius 1 is 1.29 bits per heavy atom. The van der Waals surface area contributed by atoms with Crippen LogP contribution in [-0.4, -0.2) is 43.4 Å². The summed E-state index contributed by atoms with van der Waals surface area (Å²) in [5.41, 5.74) is 2.39. The Morgan fingerprint density at radius 3 is 2.62 bits per heavy atom. The number of nitrogens with one attached hydrogen (secondary N) is 2. The van der Waals surface area contributed by atoms with Crippen LogP contribution in [-0.2, 0) is 16.0 Å². The molecule has 1 unspecified atom stereocenters. The zero-order chi connectivity index (χ0) is 15.7. The fraction of sp³-hybridized carbons (Fsp3) is 0.467. The van der Waals surface area contributed by atoms with Gasteiger partial charge in [-0.1, -0.05) is 24.3 Å². The minimum absolute atomic E-state index is 0.139. The van der Waals surface area contributed by atoms with Gasteiger partial charge in [-0.25, -0.2) is 4.79 Å². The molecule has 6 nitrogen and oxygen atoms in total. The van der Waals surface area contributed by atoms with Gasteiger partial charge in [-0.3, -0.25) is 4.79 Å². The second kappa shape index (κ2) is 8.97. The van der Waals surface area contributed by atoms with Crippen molar-refractivity contribution in [1.29, 1.82) is 0 Å². The molecule has 0 spiro atoms. The van der Waals surface area contributed by atoms with Crippen LogP contribution in [0.25, 0.3) is 0 Å². The number of ether oxygens (including phenoxy) is 1. The van der Waals surface area contributed by atoms with E-state index in [4.69, 9.17) is 9.84 Å². The zero-order valence-corrected chi connectivity index (χ0v) is 12.4. The minimum atomic E-state index is -0.955. The van der Waals surface area contributed by atoms with Gasteiger partial charge in [0.05, 0.1) is 12.5 Å². The summed E-state index contributed by atoms with van der Waals surface area (Å²) in [4.78, 5) is 22.2. The number of carbonyl (C=O) groups excluding carboxylic acids is 1. The highest BCUT2D eigenvalue weighted by atomic mass is 16.5. The monoisotopic (exact) mass is 294 g/mol. The quantitative estimate of drug-likeness (QED) is 0.675. The number of rotatable bonds is 8. The van der Waals surface area contributed by atoms with Gasteiger partial charge < -0.3 is 20.5 Å². The summed E-state index contributed by atoms with van der Waals surface area (Å²) in [6, 6.07) is 7.69. The number of aliphatic carboxylic acids is 1. The lowest BCUT2D eigenvalue weighted by atomic mass is 10.1. The number of hydrogen-bond acceptors (Lipinski definition) is 3. The van der Waals surface area contributed by atoms with Gasteiger partial charge in [0.2, 0.25) is 0 Å². The molecule has 3 N–H and O–H groups in total. The van der Waals surface area contributed by atoms with E-state index in [1.807, 2.05) is 31.2 Å². The van der Waals surface area contributed by atoms with Crippen molar-refractivity contribution in [2.45, 2.75) is 25.9 Å². The minimum Gasteiger partial charge on any atom is -0.481 e. The van der Waals surface area contributed by atoms with E-state index in [0.29, 0.717) is 6.54 Å². The van der Waals surface area contributed by atoms with E-state index in [1.54, 1.807) is 0 Å². The molecule has 1 rings (SSSR count). The highest BCUT2D eigenvalue weighted by molar-refractivity contribution is 5.74. The first-order chi connectivity index (χ1) is 10.0. The van der Waals surface area contributed by atoms with Crippen molar-refractivity contribution in [3.63, 3.8) is 0 Å². The third-order valence-electron chi connectivity index (χ3n) is 3.17. The molecule has 1 atom stereocenters. The van der Waals surface area contributed by atoms with E-state index in [-0.39, 0.29) is 19.0 Å². The zero-order valence-electron chi connectivity index (χ0n) is 12.4. The average Bonchev–Trinajstić information content (AvgIpc) is 2.45. The number of aryl methyl sites for hydroxylation is 1. The van der Waals surface area contributed by atoms with Gasteiger partial charge >= 0.3 is 12.0 Å². The summed E-state index contributed by atoms with van der Waals surface area (Å²) in [6.07, 6.45) is 0.0905. The second-order valence-electron chi connectivity index (χ2n) is 4.77. The molecule has 0 aliphatic rings. The molecule has 21 heavy (non-hydrogen) atoms. The van der Waals surface area contributed by atoms with E-state index in [2.05, 4.69) is 10.6 Å². The van der Waals surface area contributed by atoms with Gasteiger partial charge in [0.15, 0.2) is 0 Å². The fourth-order valence-electron chi connectivity index (χ4n) is 1.90. The first kappa shape index (κ1) is 17.0. The van der Waals surface area contributed by atoms with E-state index >= 15 is 0 Å². The van der Waals surface area contributed by atoms with Crippen LogP contribution >= 0.6 is 0 Å². The van der Waals surface area contributed by atoms with Crippen LogP contribution in [0.4, 0.5) is 4.79 Å². The van der Waals surface area contributed by atoms with Crippen LogP contribution in [0.5, 0.6) is 0 Å². The molecule has 0 bridgehead atoms. The maximum atomic E-state index is 11.6. The van der Waals surface area contributed by atoms with Crippen LogP contribution in [0.1, 0.15) is 17.5 Å². The van der Waals surface area contributed by atoms with Crippen LogP contribution in [0.3, 0.4) is 0 Å². The van der Waals surface area contributed by atoms with E-state index in [1.165, 1.54) is 18.2 Å². The van der Waals surface area contributed by atoms with Crippen LogP contribution in [0, 0.1) is 6.92 Å². The summed E-state index contributed by atoms with van der Waals surface area (Å²) >= 11 is 0. The lowest BCUT2D eigenvalue weighted by Gasteiger charge is -2.14. The summed E-state index contributed by atoms with van der Waals surface area (Å²) in [5, 5.41) is 14.0. The average molecular weight is 294 g/mol. The van der Waals surface area contributed by atoms with Gasteiger partial charge in [-0.2, -0.15) is 0 Å². The van der Waals surface area contributed by atoms with Crippen LogP contribution in [0.2, 0.25) is 0 Å². The van der Waals surface area contributed by atoms with Crippen molar-refractivity contribution >= 4 is 12.0 Å². The topological polar surface area (TPSA) is 87.7 Å². The summed E-state index contributed by atoms with van der Waals surface area (Å²) in [6.45, 7) is 2.72. The van der Waals surface area contributed by atoms with Crippen molar-refractivity contribution in [3.05, 3.63) is 35.4 Å². The summed E-state index contributed by atoms with van der Waals surface area (Å²) < 4.78 is 4.98. The second-order valence-corrected chi connectivity index (χ2v) is 4.77. The molecular weight excluding hydrogens is 272 g/mol. The molecular formula is C15H22N2O4. The van der Waals surface area contributed by atoms with E-state index in [9.17, 15) is 9.59 Å². The molecule has 0 saturated heterocycles. The van der Waals surface area contributed by atoms with Crippen LogP contribution < -0.4 is 10.6 Å². The maximum Gasteiger partial charge on any atom is 0.314 e. The standard InChI is InChI=1S/C15H22N2O4/c1-11-5-3-4-6-12(11)7-8-16-15(20)17-10-13(21-2)9-14(18)19/h3-6,13H,7-10H2,1-2H3,(H,18,19)(H2,16,17,20). The third-order valence-corrected chi connectivity index (χ3v) is 3.17. The molecule has 2 amide bonds. The number of carboxylic acid groups (broad SMARTS) is 1. The molecule has 6 heteroatoms. The summed E-state index contributed by atoms with van der Waals surface area (Å²) in [5.74, 6) is -0.955. The molecule has 0 fully saturated rings. The van der Waals surface area contributed by atoms with Gasteiger partial charge in [-0.15, -0.1) is 0 Å². The van der Waals surface area contributed by atoms with Crippen molar-refractivity contribution < 1.29 is 19.4 Å². The summed E-state index contributed by atoms with van der Waals surface area (Å²) in [7, 11) is 1.42. The van der Waals surface area contributed by atoms with Crippen molar-refractivity contribution in [2.24, 2.45) is 0 Å². The van der Waals surface area contributed by atoms with Crippen molar-refractivity contribution in [3.8, 4) is 0 Å². The Kier molecular flexibility index (Phi) is 7.25. The van der Waals surface area contributed by atoms with E-state index < -0.39 is 12.1 Å². The molecule has 0 aliphatic heterocycles. The maximum absolute atomic E-state index is 11.6. The first-order valence-corrected chi connectivity index (χ1v) is 6.83. The molecule has 1 aromatic rings. The van der Waals surface area contributed by atoms with Gasteiger partial charge in [0, 0.05) is 20.2 Å². The Labute approximate surface area is 124 Å². The molecule has 116 valence electrons. The highest BCUT2D eigenvalue weighted by Gasteiger charge is 2.13. The van der Waals surface area contributed by atoms with Gasteiger partial charge in [-0.05, 0) is 24.5 Å². The Morgan fingerprint density at radius 2 is 2.00 bits per heavy atom. The van der Waals surface area contributed by atoms with E-state index in [0.717, 1.165) is 6.42 Å². The van der Waals surface area contributed by atoms with Gasteiger partial charge in [0.25, 0.3) is 0 Å². The molecule has 0 saturated carbocycles. The molecule has 0 heterocycles. The Balaban J connectivity index is 2.25. The predicted molar refractivity (Wildman–Crippen MR) is 79.3 cm³/mol. The molecule has 0 aliphatic carbocycles. The lowest BCUT2D eigenvalue weighted by Crippen LogP contribution is -2.41. The number of carboxylic acids is 1. The normalized spacial score (nSPS) is 11.7. The third kappa shape index (κ3) is 6.76. The smallest absolute Gasteiger partial charge is 0.314 e. The number of benzene rings is 1. The van der Waals surface area contributed by atoms with Crippen molar-refractivity contribution in [1.82, 2.24) is 10.6 Å². The van der Waals surface area contributed by atoms with Gasteiger partial charge in [0.1, 0.15) is 0 Å². The predicted octanol–water partition coefficient (Wildman–Crippen LogP) is 1.33.